The summed E-state index contributed by atoms with van der Waals surface area (Å²) in [5.41, 5.74) is 1.80. The maximum absolute atomic E-state index is 14.0. The number of nitro benzene ring substituents is 1. The van der Waals surface area contributed by atoms with Crippen molar-refractivity contribution in [2.75, 3.05) is 38.6 Å². The standard InChI is InChI=1S/C30H29N5O5/c1-31-27(36)30(28(37)32(2)29(31)38)18-22-17-23(35(39)40)13-14-24(22)34-16-15-33(19-25(30)34)26(20-9-5-3-6-10-20)21-11-7-4-8-12-21/h3-14,17,25-26H,15-16,18-19H2,1-2H3/t25-/m1/s1. The van der Waals surface area contributed by atoms with Crippen molar-refractivity contribution in [2.45, 2.75) is 18.5 Å². The number of imide groups is 2. The largest absolute Gasteiger partial charge is 0.364 e. The van der Waals surface area contributed by atoms with Crippen molar-refractivity contribution in [3.63, 3.8) is 0 Å². The summed E-state index contributed by atoms with van der Waals surface area (Å²) < 4.78 is 0. The second kappa shape index (κ2) is 9.56. The lowest BCUT2D eigenvalue weighted by atomic mass is 9.67. The van der Waals surface area contributed by atoms with Gasteiger partial charge in [-0.3, -0.25) is 34.4 Å². The highest BCUT2D eigenvalue weighted by Gasteiger charge is 2.64. The molecule has 10 nitrogen and oxygen atoms in total. The molecule has 3 aliphatic rings. The zero-order valence-electron chi connectivity index (χ0n) is 22.3. The van der Waals surface area contributed by atoms with E-state index in [0.29, 0.717) is 25.2 Å². The van der Waals surface area contributed by atoms with Crippen molar-refractivity contribution < 1.29 is 19.3 Å². The maximum atomic E-state index is 14.0. The molecule has 6 rings (SSSR count). The first-order valence-corrected chi connectivity index (χ1v) is 13.2. The molecular formula is C30H29N5O5. The number of carbonyl (C=O) groups is 3. The van der Waals surface area contributed by atoms with Crippen LogP contribution in [-0.2, 0) is 16.0 Å². The summed E-state index contributed by atoms with van der Waals surface area (Å²) in [4.78, 5) is 58.3. The van der Waals surface area contributed by atoms with Crippen molar-refractivity contribution in [1.29, 1.82) is 0 Å². The molecule has 0 aliphatic carbocycles. The van der Waals surface area contributed by atoms with Gasteiger partial charge in [-0.05, 0) is 22.8 Å². The Balaban J connectivity index is 1.50. The van der Waals surface area contributed by atoms with Gasteiger partial charge in [-0.1, -0.05) is 60.7 Å². The van der Waals surface area contributed by atoms with Crippen LogP contribution >= 0.6 is 0 Å². The minimum Gasteiger partial charge on any atom is -0.364 e. The Labute approximate surface area is 231 Å². The van der Waals surface area contributed by atoms with Gasteiger partial charge < -0.3 is 4.90 Å². The van der Waals surface area contributed by atoms with Crippen molar-refractivity contribution >= 4 is 29.2 Å². The normalized spacial score (nSPS) is 20.6. The van der Waals surface area contributed by atoms with Crippen molar-refractivity contribution in [1.82, 2.24) is 14.7 Å². The number of barbiturate groups is 1. The van der Waals surface area contributed by atoms with Gasteiger partial charge in [0, 0.05) is 58.0 Å². The molecule has 10 heteroatoms. The molecule has 2 saturated heterocycles. The Bertz CT molecular complexity index is 1450. The number of amides is 4. The van der Waals surface area contributed by atoms with Gasteiger partial charge in [0.2, 0.25) is 11.8 Å². The summed E-state index contributed by atoms with van der Waals surface area (Å²) in [6.07, 6.45) is -0.0278. The predicted octanol–water partition coefficient (Wildman–Crippen LogP) is 3.47. The van der Waals surface area contributed by atoms with E-state index in [1.54, 1.807) is 6.07 Å². The number of hydrogen-bond acceptors (Lipinski definition) is 7. The maximum Gasteiger partial charge on any atom is 0.332 e. The lowest BCUT2D eigenvalue weighted by molar-refractivity contribution is -0.384. The van der Waals surface area contributed by atoms with Crippen LogP contribution in [0.4, 0.5) is 16.2 Å². The van der Waals surface area contributed by atoms with Gasteiger partial charge in [0.05, 0.1) is 17.0 Å². The number of piperazine rings is 1. The fourth-order valence-corrected chi connectivity index (χ4v) is 6.68. The first-order chi connectivity index (χ1) is 19.2. The van der Waals surface area contributed by atoms with Gasteiger partial charge in [0.1, 0.15) is 0 Å². The summed E-state index contributed by atoms with van der Waals surface area (Å²) in [5, 5.41) is 11.6. The molecule has 0 bridgehead atoms. The number of carbonyl (C=O) groups excluding carboxylic acids is 3. The third-order valence-corrected chi connectivity index (χ3v) is 8.58. The quantitative estimate of drug-likeness (QED) is 0.284. The van der Waals surface area contributed by atoms with Gasteiger partial charge in [-0.2, -0.15) is 0 Å². The van der Waals surface area contributed by atoms with Crippen LogP contribution < -0.4 is 4.90 Å². The van der Waals surface area contributed by atoms with E-state index < -0.39 is 34.2 Å². The second-order valence-corrected chi connectivity index (χ2v) is 10.7. The van der Waals surface area contributed by atoms with E-state index in [1.165, 1.54) is 26.2 Å². The highest BCUT2D eigenvalue weighted by Crippen LogP contribution is 2.48. The van der Waals surface area contributed by atoms with E-state index in [-0.39, 0.29) is 18.2 Å². The Morgan fingerprint density at radius 2 is 1.43 bits per heavy atom. The fourth-order valence-electron chi connectivity index (χ4n) is 6.68. The number of non-ortho nitro benzene ring substituents is 1. The Hall–Kier alpha value is -4.57. The second-order valence-electron chi connectivity index (χ2n) is 10.7. The molecule has 2 fully saturated rings. The molecule has 1 spiro atoms. The Morgan fingerprint density at radius 1 is 0.850 bits per heavy atom. The van der Waals surface area contributed by atoms with Crippen LogP contribution in [0.2, 0.25) is 0 Å². The zero-order chi connectivity index (χ0) is 28.2. The summed E-state index contributed by atoms with van der Waals surface area (Å²) in [6.45, 7) is 1.50. The van der Waals surface area contributed by atoms with Crippen LogP contribution in [0.15, 0.2) is 78.9 Å². The lowest BCUT2D eigenvalue weighted by Gasteiger charge is -2.57. The number of urea groups is 1. The number of fused-ring (bicyclic) bond motifs is 4. The number of benzene rings is 3. The van der Waals surface area contributed by atoms with E-state index in [2.05, 4.69) is 29.2 Å². The van der Waals surface area contributed by atoms with Gasteiger partial charge in [-0.15, -0.1) is 0 Å². The van der Waals surface area contributed by atoms with Gasteiger partial charge in [-0.25, -0.2) is 4.79 Å². The highest BCUT2D eigenvalue weighted by molar-refractivity contribution is 6.20. The summed E-state index contributed by atoms with van der Waals surface area (Å²) in [6, 6.07) is 23.5. The molecule has 3 heterocycles. The van der Waals surface area contributed by atoms with Crippen LogP contribution in [0.1, 0.15) is 22.7 Å². The molecule has 4 amide bonds. The van der Waals surface area contributed by atoms with Crippen LogP contribution in [0.25, 0.3) is 0 Å². The molecule has 40 heavy (non-hydrogen) atoms. The summed E-state index contributed by atoms with van der Waals surface area (Å²) in [7, 11) is 2.78. The average Bonchev–Trinajstić information content (AvgIpc) is 2.99. The third kappa shape index (κ3) is 3.78. The van der Waals surface area contributed by atoms with E-state index in [0.717, 1.165) is 26.6 Å². The lowest BCUT2D eigenvalue weighted by Crippen LogP contribution is -2.74. The zero-order valence-corrected chi connectivity index (χ0v) is 22.3. The molecule has 0 N–H and O–H groups in total. The first kappa shape index (κ1) is 25.7. The monoisotopic (exact) mass is 539 g/mol. The van der Waals surface area contributed by atoms with Crippen LogP contribution in [0, 0.1) is 15.5 Å². The van der Waals surface area contributed by atoms with Crippen molar-refractivity contribution in [3.05, 3.63) is 106 Å². The molecule has 0 saturated carbocycles. The van der Waals surface area contributed by atoms with Crippen LogP contribution in [0.5, 0.6) is 0 Å². The van der Waals surface area contributed by atoms with Gasteiger partial charge >= 0.3 is 6.03 Å². The third-order valence-electron chi connectivity index (χ3n) is 8.58. The number of hydrogen-bond donors (Lipinski definition) is 0. The fraction of sp³-hybridized carbons (Fsp3) is 0.300. The number of nitrogens with zero attached hydrogens (tertiary/aromatic N) is 5. The number of rotatable bonds is 4. The predicted molar refractivity (Wildman–Crippen MR) is 148 cm³/mol. The molecular weight excluding hydrogens is 510 g/mol. The highest BCUT2D eigenvalue weighted by atomic mass is 16.6. The topological polar surface area (TPSA) is 107 Å². The van der Waals surface area contributed by atoms with E-state index in [1.807, 2.05) is 41.3 Å². The number of nitro groups is 1. The molecule has 1 atom stereocenters. The Morgan fingerprint density at radius 3 is 1.98 bits per heavy atom. The molecule has 0 radical (unpaired) electrons. The minimum atomic E-state index is -1.61. The van der Waals surface area contributed by atoms with Gasteiger partial charge in [0.25, 0.3) is 5.69 Å². The molecule has 3 aromatic carbocycles. The smallest absolute Gasteiger partial charge is 0.332 e. The van der Waals surface area contributed by atoms with Crippen molar-refractivity contribution in [2.24, 2.45) is 5.41 Å². The average molecular weight is 540 g/mol. The van der Waals surface area contributed by atoms with E-state index in [9.17, 15) is 24.5 Å². The molecule has 0 unspecified atom stereocenters. The molecule has 0 aromatic heterocycles. The van der Waals surface area contributed by atoms with Crippen molar-refractivity contribution in [3.8, 4) is 0 Å². The first-order valence-electron chi connectivity index (χ1n) is 13.2. The van der Waals surface area contributed by atoms with E-state index in [4.69, 9.17) is 0 Å². The van der Waals surface area contributed by atoms with Crippen LogP contribution in [-0.4, -0.2) is 77.2 Å². The van der Waals surface area contributed by atoms with E-state index >= 15 is 0 Å². The molecule has 204 valence electrons. The molecule has 3 aromatic rings. The van der Waals surface area contributed by atoms with Gasteiger partial charge in [0.15, 0.2) is 5.41 Å². The summed E-state index contributed by atoms with van der Waals surface area (Å²) in [5.74, 6) is -1.16. The SMILES string of the molecule is CN1C(=O)N(C)C(=O)C2(Cc3cc([N+](=O)[O-])ccc3N3CCN(C(c4ccccc4)c4ccccc4)C[C@@H]32)C1=O. The minimum absolute atomic E-state index is 0.0278. The number of anilines is 1. The Kier molecular flexibility index (Phi) is 6.14. The molecule has 3 aliphatic heterocycles. The van der Waals surface area contributed by atoms with Crippen LogP contribution in [0.3, 0.4) is 0 Å². The summed E-state index contributed by atoms with van der Waals surface area (Å²) >= 11 is 0.